The summed E-state index contributed by atoms with van der Waals surface area (Å²) < 4.78 is 5.46. The first-order valence-corrected chi connectivity index (χ1v) is 10.5. The van der Waals surface area contributed by atoms with Crippen LogP contribution in [0.2, 0.25) is 0 Å². The number of hydrogen-bond donors (Lipinski definition) is 1. The lowest BCUT2D eigenvalue weighted by Gasteiger charge is -2.03. The van der Waals surface area contributed by atoms with Gasteiger partial charge >= 0.3 is 0 Å². The van der Waals surface area contributed by atoms with Crippen molar-refractivity contribution in [2.24, 2.45) is 0 Å². The van der Waals surface area contributed by atoms with Crippen molar-refractivity contribution < 1.29 is 4.52 Å². The second-order valence-electron chi connectivity index (χ2n) is 7.57. The minimum absolute atomic E-state index is 0.373. The highest BCUT2D eigenvalue weighted by molar-refractivity contribution is 5.54. The molecule has 1 aliphatic rings. The average molecular weight is 356 g/mol. The smallest absolute Gasteiger partial charge is 0.231 e. The van der Waals surface area contributed by atoms with E-state index < -0.39 is 0 Å². The summed E-state index contributed by atoms with van der Waals surface area (Å²) >= 11 is 0. The maximum absolute atomic E-state index is 5.46. The Hall–Kier alpha value is -1.68. The largest absolute Gasteiger partial charge is 0.339 e. The number of hydrogen-bond acceptors (Lipinski definition) is 4. The molecule has 2 aromatic rings. The van der Waals surface area contributed by atoms with E-state index >= 15 is 0 Å². The Kier molecular flexibility index (Phi) is 7.68. The molecule has 1 atom stereocenters. The van der Waals surface area contributed by atoms with Crippen LogP contribution in [0.1, 0.15) is 82.1 Å². The fourth-order valence-corrected chi connectivity index (χ4v) is 3.67. The van der Waals surface area contributed by atoms with E-state index in [0.717, 1.165) is 31.0 Å². The zero-order chi connectivity index (χ0) is 18.0. The number of unbranched alkanes of at least 4 members (excludes halogenated alkanes) is 7. The molecule has 1 aromatic carbocycles. The highest BCUT2D eigenvalue weighted by Crippen LogP contribution is 2.24. The molecule has 1 aliphatic heterocycles. The van der Waals surface area contributed by atoms with Crippen molar-refractivity contribution >= 4 is 0 Å². The monoisotopic (exact) mass is 355 g/mol. The number of benzene rings is 1. The van der Waals surface area contributed by atoms with E-state index in [9.17, 15) is 0 Å². The van der Waals surface area contributed by atoms with Gasteiger partial charge in [0, 0.05) is 12.1 Å². The number of nitrogens with one attached hydrogen (secondary N) is 1. The summed E-state index contributed by atoms with van der Waals surface area (Å²) in [6, 6.07) is 8.68. The highest BCUT2D eigenvalue weighted by Gasteiger charge is 2.22. The minimum Gasteiger partial charge on any atom is -0.339 e. The lowest BCUT2D eigenvalue weighted by atomic mass is 10.0. The summed E-state index contributed by atoms with van der Waals surface area (Å²) in [5.74, 6) is 1.86. The average Bonchev–Trinajstić information content (AvgIpc) is 3.36. The predicted octanol–water partition coefficient (Wildman–Crippen LogP) is 5.50. The Labute approximate surface area is 157 Å². The molecule has 1 aromatic heterocycles. The molecule has 26 heavy (non-hydrogen) atoms. The molecule has 4 heteroatoms. The van der Waals surface area contributed by atoms with Crippen LogP contribution in [0.15, 0.2) is 28.8 Å². The normalized spacial score (nSPS) is 17.0. The summed E-state index contributed by atoms with van der Waals surface area (Å²) in [6.07, 6.45) is 13.2. The molecule has 0 radical (unpaired) electrons. The molecule has 0 aliphatic carbocycles. The Morgan fingerprint density at radius 3 is 2.42 bits per heavy atom. The van der Waals surface area contributed by atoms with Crippen molar-refractivity contribution in [2.45, 2.75) is 77.0 Å². The Bertz CT molecular complexity index is 629. The van der Waals surface area contributed by atoms with Gasteiger partial charge in [0.25, 0.3) is 0 Å². The van der Waals surface area contributed by atoms with Crippen LogP contribution in [0.5, 0.6) is 0 Å². The lowest BCUT2D eigenvalue weighted by Crippen LogP contribution is -2.08. The van der Waals surface area contributed by atoms with E-state index in [-0.39, 0.29) is 0 Å². The first kappa shape index (κ1) is 19.1. The molecule has 0 amide bonds. The fourth-order valence-electron chi connectivity index (χ4n) is 3.67. The van der Waals surface area contributed by atoms with Crippen molar-refractivity contribution in [2.75, 3.05) is 13.1 Å². The van der Waals surface area contributed by atoms with Crippen molar-refractivity contribution in [3.05, 3.63) is 35.7 Å². The van der Waals surface area contributed by atoms with Gasteiger partial charge in [0.1, 0.15) is 0 Å². The van der Waals surface area contributed by atoms with Gasteiger partial charge in [-0.25, -0.2) is 0 Å². The predicted molar refractivity (Wildman–Crippen MR) is 106 cm³/mol. The molecule has 3 rings (SSSR count). The van der Waals surface area contributed by atoms with Gasteiger partial charge in [-0.1, -0.05) is 81.3 Å². The Morgan fingerprint density at radius 2 is 1.73 bits per heavy atom. The van der Waals surface area contributed by atoms with E-state index in [1.54, 1.807) is 0 Å². The molecular formula is C22H33N3O. The third-order valence-corrected chi connectivity index (χ3v) is 5.38. The molecule has 0 unspecified atom stereocenters. The third kappa shape index (κ3) is 5.66. The van der Waals surface area contributed by atoms with Crippen LogP contribution in [0, 0.1) is 0 Å². The molecule has 1 N–H and O–H groups in total. The molecule has 4 nitrogen and oxygen atoms in total. The maximum atomic E-state index is 5.46. The fraction of sp³-hybridized carbons (Fsp3) is 0.636. The van der Waals surface area contributed by atoms with Crippen LogP contribution in [0.4, 0.5) is 0 Å². The van der Waals surface area contributed by atoms with E-state index in [2.05, 4.69) is 46.6 Å². The maximum Gasteiger partial charge on any atom is 0.231 e. The van der Waals surface area contributed by atoms with Gasteiger partial charge < -0.3 is 9.84 Å². The lowest BCUT2D eigenvalue weighted by molar-refractivity contribution is 0.359. The van der Waals surface area contributed by atoms with Gasteiger partial charge in [-0.15, -0.1) is 0 Å². The van der Waals surface area contributed by atoms with Crippen LogP contribution in [0.25, 0.3) is 11.4 Å². The molecular weight excluding hydrogens is 322 g/mol. The second kappa shape index (κ2) is 10.5. The Morgan fingerprint density at radius 1 is 1.00 bits per heavy atom. The van der Waals surface area contributed by atoms with Gasteiger partial charge in [-0.3, -0.25) is 0 Å². The van der Waals surface area contributed by atoms with Crippen LogP contribution in [-0.2, 0) is 6.42 Å². The van der Waals surface area contributed by atoms with Crippen molar-refractivity contribution in [1.29, 1.82) is 0 Å². The number of nitrogens with zero attached hydrogens (tertiary/aromatic N) is 2. The van der Waals surface area contributed by atoms with E-state index in [1.807, 2.05) is 0 Å². The van der Waals surface area contributed by atoms with Crippen LogP contribution < -0.4 is 5.32 Å². The van der Waals surface area contributed by atoms with Crippen LogP contribution in [-0.4, -0.2) is 23.2 Å². The first-order chi connectivity index (χ1) is 12.9. The standard InChI is InChI=1S/C22H33N3O/c1-2-3-4-5-6-7-8-9-10-18-11-13-19(14-12-18)21-24-22(26-25-21)20-15-16-23-17-20/h11-14,20,23H,2-10,15-17H2,1H3/t20-/m1/s1. The number of aryl methyl sites for hydroxylation is 1. The van der Waals surface area contributed by atoms with Crippen LogP contribution >= 0.6 is 0 Å². The Balaban J connectivity index is 1.39. The van der Waals surface area contributed by atoms with Crippen molar-refractivity contribution in [3.63, 3.8) is 0 Å². The summed E-state index contributed by atoms with van der Waals surface area (Å²) in [5.41, 5.74) is 2.45. The topological polar surface area (TPSA) is 51.0 Å². The summed E-state index contributed by atoms with van der Waals surface area (Å²) in [7, 11) is 0. The summed E-state index contributed by atoms with van der Waals surface area (Å²) in [6.45, 7) is 4.25. The second-order valence-corrected chi connectivity index (χ2v) is 7.57. The number of rotatable bonds is 11. The number of aromatic nitrogens is 2. The summed E-state index contributed by atoms with van der Waals surface area (Å²) in [4.78, 5) is 4.59. The third-order valence-electron chi connectivity index (χ3n) is 5.38. The minimum atomic E-state index is 0.373. The first-order valence-electron chi connectivity index (χ1n) is 10.5. The molecule has 0 spiro atoms. The van der Waals surface area contributed by atoms with Gasteiger partial charge in [0.15, 0.2) is 0 Å². The van der Waals surface area contributed by atoms with E-state index in [4.69, 9.17) is 4.52 Å². The zero-order valence-corrected chi connectivity index (χ0v) is 16.2. The molecule has 2 heterocycles. The van der Waals surface area contributed by atoms with E-state index in [0.29, 0.717) is 11.7 Å². The van der Waals surface area contributed by atoms with Crippen molar-refractivity contribution in [3.8, 4) is 11.4 Å². The molecule has 1 fully saturated rings. The molecule has 0 bridgehead atoms. The van der Waals surface area contributed by atoms with Gasteiger partial charge in [0.2, 0.25) is 11.7 Å². The van der Waals surface area contributed by atoms with Gasteiger partial charge in [-0.05, 0) is 31.4 Å². The quantitative estimate of drug-likeness (QED) is 0.541. The van der Waals surface area contributed by atoms with Crippen molar-refractivity contribution in [1.82, 2.24) is 15.5 Å². The van der Waals surface area contributed by atoms with Gasteiger partial charge in [-0.2, -0.15) is 4.98 Å². The SMILES string of the molecule is CCCCCCCCCCc1ccc(-c2noc([C@@H]3CCNC3)n2)cc1. The van der Waals surface area contributed by atoms with Gasteiger partial charge in [0.05, 0.1) is 5.92 Å². The molecule has 0 saturated carbocycles. The van der Waals surface area contributed by atoms with E-state index in [1.165, 1.54) is 63.4 Å². The molecule has 1 saturated heterocycles. The van der Waals surface area contributed by atoms with Crippen LogP contribution in [0.3, 0.4) is 0 Å². The molecule has 142 valence electrons. The highest BCUT2D eigenvalue weighted by atomic mass is 16.5. The summed E-state index contributed by atoms with van der Waals surface area (Å²) in [5, 5.41) is 7.50. The zero-order valence-electron chi connectivity index (χ0n) is 16.2.